The normalized spacial score (nSPS) is 17.1. The van der Waals surface area contributed by atoms with E-state index in [9.17, 15) is 4.79 Å². The van der Waals surface area contributed by atoms with Crippen LogP contribution in [-0.4, -0.2) is 16.4 Å². The quantitative estimate of drug-likeness (QED) is 0.843. The second kappa shape index (κ2) is 3.50. The Bertz CT molecular complexity index is 598. The molecule has 1 aliphatic carbocycles. The maximum absolute atomic E-state index is 12.0. The van der Waals surface area contributed by atoms with Crippen molar-refractivity contribution < 1.29 is 4.79 Å². The molecule has 0 spiro atoms. The molecule has 2 aromatic rings. The van der Waals surface area contributed by atoms with Crippen LogP contribution in [0.1, 0.15) is 30.3 Å². The average molecular weight is 249 g/mol. The largest absolute Gasteiger partial charge is 0.351 e. The van der Waals surface area contributed by atoms with E-state index >= 15 is 0 Å². The van der Waals surface area contributed by atoms with E-state index in [2.05, 4.69) is 17.2 Å². The number of benzene rings is 1. The number of halogens is 1. The van der Waals surface area contributed by atoms with E-state index in [1.165, 1.54) is 0 Å². The summed E-state index contributed by atoms with van der Waals surface area (Å²) in [6, 6.07) is 7.38. The third-order valence-electron chi connectivity index (χ3n) is 3.24. The number of hydrogen-bond acceptors (Lipinski definition) is 1. The van der Waals surface area contributed by atoms with Crippen LogP contribution < -0.4 is 5.32 Å². The van der Waals surface area contributed by atoms with Crippen molar-refractivity contribution in [3.63, 3.8) is 0 Å². The zero-order valence-electron chi connectivity index (χ0n) is 9.51. The number of aromatic nitrogens is 1. The fourth-order valence-corrected chi connectivity index (χ4v) is 2.06. The number of nitrogens with one attached hydrogen (secondary N) is 2. The monoisotopic (exact) mass is 248 g/mol. The Balaban J connectivity index is 1.92. The summed E-state index contributed by atoms with van der Waals surface area (Å²) in [7, 11) is 0. The highest BCUT2D eigenvalue weighted by molar-refractivity contribution is 6.31. The molecule has 0 bridgehead atoms. The van der Waals surface area contributed by atoms with E-state index in [-0.39, 0.29) is 11.4 Å². The first-order valence-corrected chi connectivity index (χ1v) is 6.04. The van der Waals surface area contributed by atoms with Crippen LogP contribution in [0, 0.1) is 0 Å². The fourth-order valence-electron chi connectivity index (χ4n) is 1.88. The second-order valence-electron chi connectivity index (χ2n) is 4.93. The molecular formula is C13H13ClN2O. The summed E-state index contributed by atoms with van der Waals surface area (Å²) in [5, 5.41) is 4.66. The smallest absolute Gasteiger partial charge is 0.268 e. The summed E-state index contributed by atoms with van der Waals surface area (Å²) in [6.45, 7) is 2.06. The van der Waals surface area contributed by atoms with E-state index in [1.807, 2.05) is 24.3 Å². The Kier molecular flexibility index (Phi) is 2.20. The van der Waals surface area contributed by atoms with E-state index in [0.717, 1.165) is 23.7 Å². The van der Waals surface area contributed by atoms with Crippen molar-refractivity contribution in [1.82, 2.24) is 10.3 Å². The summed E-state index contributed by atoms with van der Waals surface area (Å²) in [4.78, 5) is 15.1. The van der Waals surface area contributed by atoms with Gasteiger partial charge >= 0.3 is 0 Å². The molecule has 0 atom stereocenters. The van der Waals surface area contributed by atoms with Crippen LogP contribution in [0.5, 0.6) is 0 Å². The molecule has 1 aromatic carbocycles. The number of amides is 1. The van der Waals surface area contributed by atoms with Gasteiger partial charge in [-0.15, -0.1) is 0 Å². The fraction of sp³-hybridized carbons (Fsp3) is 0.308. The average Bonchev–Trinajstić information content (AvgIpc) is 2.85. The van der Waals surface area contributed by atoms with Crippen LogP contribution in [0.15, 0.2) is 24.3 Å². The Morgan fingerprint density at radius 1 is 1.41 bits per heavy atom. The van der Waals surface area contributed by atoms with Crippen molar-refractivity contribution in [2.24, 2.45) is 0 Å². The van der Waals surface area contributed by atoms with Crippen molar-refractivity contribution >= 4 is 28.4 Å². The number of rotatable bonds is 2. The molecule has 3 nitrogen and oxygen atoms in total. The van der Waals surface area contributed by atoms with Crippen molar-refractivity contribution in [3.8, 4) is 0 Å². The van der Waals surface area contributed by atoms with Gasteiger partial charge in [0.2, 0.25) is 0 Å². The number of fused-ring (bicyclic) bond motifs is 1. The summed E-state index contributed by atoms with van der Waals surface area (Å²) < 4.78 is 0. The zero-order valence-corrected chi connectivity index (χ0v) is 10.3. The Morgan fingerprint density at radius 2 is 2.18 bits per heavy atom. The third kappa shape index (κ3) is 2.03. The lowest BCUT2D eigenvalue weighted by Crippen LogP contribution is -2.34. The predicted octanol–water partition coefficient (Wildman–Crippen LogP) is 3.10. The van der Waals surface area contributed by atoms with Crippen LogP contribution in [0.3, 0.4) is 0 Å². The van der Waals surface area contributed by atoms with Crippen LogP contribution in [0.2, 0.25) is 5.02 Å². The number of hydrogen-bond donors (Lipinski definition) is 2. The molecule has 17 heavy (non-hydrogen) atoms. The van der Waals surface area contributed by atoms with Gasteiger partial charge in [-0.25, -0.2) is 0 Å². The Hall–Kier alpha value is -1.48. The summed E-state index contributed by atoms with van der Waals surface area (Å²) in [6.07, 6.45) is 2.12. The van der Waals surface area contributed by atoms with E-state index < -0.39 is 0 Å². The van der Waals surface area contributed by atoms with Crippen molar-refractivity contribution in [2.75, 3.05) is 0 Å². The highest BCUT2D eigenvalue weighted by Crippen LogP contribution is 2.34. The predicted molar refractivity (Wildman–Crippen MR) is 68.4 cm³/mol. The second-order valence-corrected chi connectivity index (χ2v) is 5.37. The number of H-pyrrole nitrogens is 1. The molecule has 3 rings (SSSR count). The molecule has 1 saturated carbocycles. The lowest BCUT2D eigenvalue weighted by atomic mass is 10.2. The van der Waals surface area contributed by atoms with E-state index in [0.29, 0.717) is 10.7 Å². The minimum Gasteiger partial charge on any atom is -0.351 e. The molecule has 0 radical (unpaired) electrons. The molecule has 4 heteroatoms. The standard InChI is InChI=1S/C13H13ClN2O/c1-13(4-5-13)16-12(17)11-7-8-6-9(14)2-3-10(8)15-11/h2-3,6-7,15H,4-5H2,1H3,(H,16,17). The molecule has 1 aromatic heterocycles. The van der Waals surface area contributed by atoms with Crippen molar-refractivity contribution in [3.05, 3.63) is 35.0 Å². The van der Waals surface area contributed by atoms with Gasteiger partial charge in [0.15, 0.2) is 0 Å². The molecule has 1 heterocycles. The van der Waals surface area contributed by atoms with Crippen molar-refractivity contribution in [1.29, 1.82) is 0 Å². The minimum absolute atomic E-state index is 0.00598. The van der Waals surface area contributed by atoms with Gasteiger partial charge in [0.1, 0.15) is 5.69 Å². The van der Waals surface area contributed by atoms with Gasteiger partial charge in [-0.2, -0.15) is 0 Å². The van der Waals surface area contributed by atoms with Gasteiger partial charge in [-0.3, -0.25) is 4.79 Å². The first-order valence-electron chi connectivity index (χ1n) is 5.67. The highest BCUT2D eigenvalue weighted by atomic mass is 35.5. The molecule has 1 aliphatic rings. The minimum atomic E-state index is -0.0441. The lowest BCUT2D eigenvalue weighted by molar-refractivity contribution is 0.0931. The highest BCUT2D eigenvalue weighted by Gasteiger charge is 2.39. The molecule has 0 unspecified atom stereocenters. The Morgan fingerprint density at radius 3 is 2.88 bits per heavy atom. The van der Waals surface area contributed by atoms with Crippen LogP contribution in [0.25, 0.3) is 10.9 Å². The number of carbonyl (C=O) groups excluding carboxylic acids is 1. The SMILES string of the molecule is CC1(NC(=O)c2cc3cc(Cl)ccc3[nH]2)CC1. The topological polar surface area (TPSA) is 44.9 Å². The first-order chi connectivity index (χ1) is 8.06. The first kappa shape index (κ1) is 10.7. The van der Waals surface area contributed by atoms with Crippen LogP contribution >= 0.6 is 11.6 Å². The lowest BCUT2D eigenvalue weighted by Gasteiger charge is -2.09. The van der Waals surface area contributed by atoms with Gasteiger partial charge in [-0.1, -0.05) is 11.6 Å². The third-order valence-corrected chi connectivity index (χ3v) is 3.48. The van der Waals surface area contributed by atoms with E-state index in [1.54, 1.807) is 0 Å². The van der Waals surface area contributed by atoms with Gasteiger partial charge in [0.25, 0.3) is 5.91 Å². The molecular weight excluding hydrogens is 236 g/mol. The number of aromatic amines is 1. The van der Waals surface area contributed by atoms with Crippen LogP contribution in [-0.2, 0) is 0 Å². The summed E-state index contributed by atoms with van der Waals surface area (Å²) in [5.74, 6) is -0.0441. The molecule has 0 saturated heterocycles. The van der Waals surface area contributed by atoms with Crippen LogP contribution in [0.4, 0.5) is 0 Å². The maximum atomic E-state index is 12.0. The molecule has 0 aliphatic heterocycles. The molecule has 1 amide bonds. The summed E-state index contributed by atoms with van der Waals surface area (Å²) >= 11 is 5.91. The maximum Gasteiger partial charge on any atom is 0.268 e. The Labute approximate surface area is 104 Å². The number of carbonyl (C=O) groups is 1. The van der Waals surface area contributed by atoms with Gasteiger partial charge < -0.3 is 10.3 Å². The summed E-state index contributed by atoms with van der Waals surface area (Å²) in [5.41, 5.74) is 1.53. The van der Waals surface area contributed by atoms with Gasteiger partial charge in [-0.05, 0) is 44.0 Å². The van der Waals surface area contributed by atoms with E-state index in [4.69, 9.17) is 11.6 Å². The molecule has 1 fully saturated rings. The molecule has 88 valence electrons. The van der Waals surface area contributed by atoms with Gasteiger partial charge in [0, 0.05) is 21.5 Å². The molecule has 2 N–H and O–H groups in total. The zero-order chi connectivity index (χ0) is 12.0. The van der Waals surface area contributed by atoms with Crippen molar-refractivity contribution in [2.45, 2.75) is 25.3 Å². The van der Waals surface area contributed by atoms with Gasteiger partial charge in [0.05, 0.1) is 0 Å².